The van der Waals surface area contributed by atoms with E-state index >= 15 is 0 Å². The van der Waals surface area contributed by atoms with Crippen LogP contribution in [0.4, 0.5) is 5.69 Å². The number of benzene rings is 2. The van der Waals surface area contributed by atoms with E-state index in [0.29, 0.717) is 6.61 Å². The van der Waals surface area contributed by atoms with E-state index in [4.69, 9.17) is 22.1 Å². The third kappa shape index (κ3) is 2.77. The van der Waals surface area contributed by atoms with E-state index in [1.165, 1.54) is 0 Å². The summed E-state index contributed by atoms with van der Waals surface area (Å²) in [6.07, 6.45) is 0. The summed E-state index contributed by atoms with van der Waals surface area (Å²) in [5, 5.41) is 0.719. The molecule has 2 N–H and O–H groups in total. The molecule has 0 amide bonds. The Bertz CT molecular complexity index is 566. The quantitative estimate of drug-likeness (QED) is 0.844. The largest absolute Gasteiger partial charge is 0.489 e. The molecule has 2 aromatic rings. The number of hydrogen-bond donors (Lipinski definition) is 1. The van der Waals surface area contributed by atoms with E-state index in [-0.39, 0.29) is 0 Å². The summed E-state index contributed by atoms with van der Waals surface area (Å²) in [5.41, 5.74) is 9.73. The molecule has 0 aromatic heterocycles. The minimum Gasteiger partial charge on any atom is -0.489 e. The van der Waals surface area contributed by atoms with Crippen LogP contribution >= 0.6 is 11.6 Å². The maximum absolute atomic E-state index is 6.09. The van der Waals surface area contributed by atoms with Crippen molar-refractivity contribution in [2.75, 3.05) is 5.73 Å². The average molecular weight is 262 g/mol. The van der Waals surface area contributed by atoms with Gasteiger partial charge in [-0.3, -0.25) is 0 Å². The summed E-state index contributed by atoms with van der Waals surface area (Å²) in [6.45, 7) is 4.44. The molecule has 0 bridgehead atoms. The molecule has 0 aliphatic heterocycles. The molecule has 0 unspecified atom stereocenters. The highest BCUT2D eigenvalue weighted by atomic mass is 35.5. The monoisotopic (exact) mass is 261 g/mol. The lowest BCUT2D eigenvalue weighted by Crippen LogP contribution is -2.01. The number of ether oxygens (including phenoxy) is 1. The van der Waals surface area contributed by atoms with Crippen molar-refractivity contribution in [2.45, 2.75) is 20.5 Å². The number of anilines is 1. The van der Waals surface area contributed by atoms with Crippen molar-refractivity contribution in [1.29, 1.82) is 0 Å². The van der Waals surface area contributed by atoms with Gasteiger partial charge in [0.1, 0.15) is 12.4 Å². The zero-order valence-electron chi connectivity index (χ0n) is 10.5. The minimum absolute atomic E-state index is 0.451. The fourth-order valence-corrected chi connectivity index (χ4v) is 1.94. The molecule has 0 aliphatic carbocycles. The van der Waals surface area contributed by atoms with Crippen molar-refractivity contribution in [3.8, 4) is 5.75 Å². The Kier molecular flexibility index (Phi) is 3.78. The van der Waals surface area contributed by atoms with Crippen molar-refractivity contribution in [1.82, 2.24) is 0 Å². The molecule has 2 rings (SSSR count). The zero-order valence-corrected chi connectivity index (χ0v) is 11.3. The van der Waals surface area contributed by atoms with Gasteiger partial charge >= 0.3 is 0 Å². The van der Waals surface area contributed by atoms with E-state index in [0.717, 1.165) is 33.1 Å². The van der Waals surface area contributed by atoms with Crippen LogP contribution in [0.5, 0.6) is 5.75 Å². The molecule has 0 aliphatic rings. The average Bonchev–Trinajstić information content (AvgIpc) is 2.34. The van der Waals surface area contributed by atoms with Gasteiger partial charge in [-0.1, -0.05) is 35.9 Å². The van der Waals surface area contributed by atoms with Gasteiger partial charge in [-0.15, -0.1) is 0 Å². The topological polar surface area (TPSA) is 35.2 Å². The molecule has 3 heteroatoms. The molecular weight excluding hydrogens is 246 g/mol. The van der Waals surface area contributed by atoms with Crippen LogP contribution in [-0.4, -0.2) is 0 Å². The van der Waals surface area contributed by atoms with Crippen LogP contribution in [0.25, 0.3) is 0 Å². The Hall–Kier alpha value is -1.67. The second kappa shape index (κ2) is 5.32. The minimum atomic E-state index is 0.451. The Morgan fingerprint density at radius 1 is 1.11 bits per heavy atom. The standard InChI is InChI=1S/C15H16ClNO/c1-10-7-11(2)15(8-13(10)16)18-9-12-5-3-4-6-14(12)17/h3-8H,9,17H2,1-2H3. The van der Waals surface area contributed by atoms with Gasteiger partial charge in [-0.05, 0) is 37.1 Å². The Balaban J connectivity index is 2.16. The predicted molar refractivity (Wildman–Crippen MR) is 76.1 cm³/mol. The van der Waals surface area contributed by atoms with Gasteiger partial charge < -0.3 is 10.5 Å². The fourth-order valence-electron chi connectivity index (χ4n) is 1.78. The number of hydrogen-bond acceptors (Lipinski definition) is 2. The first-order valence-corrected chi connectivity index (χ1v) is 6.18. The number of halogens is 1. The highest BCUT2D eigenvalue weighted by molar-refractivity contribution is 6.31. The number of rotatable bonds is 3. The van der Waals surface area contributed by atoms with Crippen molar-refractivity contribution < 1.29 is 4.74 Å². The zero-order chi connectivity index (χ0) is 13.1. The summed E-state index contributed by atoms with van der Waals surface area (Å²) in [6, 6.07) is 11.6. The summed E-state index contributed by atoms with van der Waals surface area (Å²) in [5.74, 6) is 0.800. The van der Waals surface area contributed by atoms with Crippen LogP contribution in [0.15, 0.2) is 36.4 Å². The molecule has 0 fully saturated rings. The molecule has 0 heterocycles. The van der Waals surface area contributed by atoms with Crippen LogP contribution in [-0.2, 0) is 6.61 Å². The number of aryl methyl sites for hydroxylation is 2. The number of nitrogens with two attached hydrogens (primary N) is 1. The normalized spacial score (nSPS) is 10.4. The van der Waals surface area contributed by atoms with Gasteiger partial charge in [-0.2, -0.15) is 0 Å². The fraction of sp³-hybridized carbons (Fsp3) is 0.200. The Labute approximate surface area is 112 Å². The molecule has 0 saturated heterocycles. The predicted octanol–water partition coefficient (Wildman–Crippen LogP) is 4.12. The third-order valence-corrected chi connectivity index (χ3v) is 3.30. The first-order chi connectivity index (χ1) is 8.58. The maximum Gasteiger partial charge on any atom is 0.124 e. The summed E-state index contributed by atoms with van der Waals surface area (Å²) in [4.78, 5) is 0. The van der Waals surface area contributed by atoms with Gasteiger partial charge in [0.15, 0.2) is 0 Å². The smallest absolute Gasteiger partial charge is 0.124 e. The van der Waals surface area contributed by atoms with Crippen molar-refractivity contribution in [2.24, 2.45) is 0 Å². The lowest BCUT2D eigenvalue weighted by molar-refractivity contribution is 0.305. The molecule has 18 heavy (non-hydrogen) atoms. The first kappa shape index (κ1) is 12.8. The Morgan fingerprint density at radius 2 is 1.83 bits per heavy atom. The first-order valence-electron chi connectivity index (χ1n) is 5.81. The van der Waals surface area contributed by atoms with E-state index in [9.17, 15) is 0 Å². The van der Waals surface area contributed by atoms with Gasteiger partial charge in [0.2, 0.25) is 0 Å². The lowest BCUT2D eigenvalue weighted by atomic mass is 10.1. The van der Waals surface area contributed by atoms with Gasteiger partial charge in [-0.25, -0.2) is 0 Å². The molecule has 0 saturated carbocycles. The van der Waals surface area contributed by atoms with E-state index < -0.39 is 0 Å². The second-order valence-corrected chi connectivity index (χ2v) is 4.76. The van der Waals surface area contributed by atoms with E-state index in [1.807, 2.05) is 50.2 Å². The number of nitrogen functional groups attached to an aromatic ring is 1. The van der Waals surface area contributed by atoms with Crippen molar-refractivity contribution in [3.05, 3.63) is 58.1 Å². The lowest BCUT2D eigenvalue weighted by Gasteiger charge is -2.12. The second-order valence-electron chi connectivity index (χ2n) is 4.35. The Morgan fingerprint density at radius 3 is 2.56 bits per heavy atom. The summed E-state index contributed by atoms with van der Waals surface area (Å²) in [7, 11) is 0. The molecule has 2 nitrogen and oxygen atoms in total. The number of para-hydroxylation sites is 1. The van der Waals surface area contributed by atoms with Crippen LogP contribution in [0, 0.1) is 13.8 Å². The van der Waals surface area contributed by atoms with Crippen LogP contribution in [0.2, 0.25) is 5.02 Å². The maximum atomic E-state index is 6.09. The van der Waals surface area contributed by atoms with Crippen molar-refractivity contribution in [3.63, 3.8) is 0 Å². The molecule has 0 radical (unpaired) electrons. The van der Waals surface area contributed by atoms with Gasteiger partial charge in [0, 0.05) is 16.3 Å². The molecule has 94 valence electrons. The summed E-state index contributed by atoms with van der Waals surface area (Å²) >= 11 is 6.09. The van der Waals surface area contributed by atoms with Gasteiger partial charge in [0.25, 0.3) is 0 Å². The van der Waals surface area contributed by atoms with Crippen molar-refractivity contribution >= 4 is 17.3 Å². The highest BCUT2D eigenvalue weighted by Gasteiger charge is 2.05. The van der Waals surface area contributed by atoms with Crippen LogP contribution < -0.4 is 10.5 Å². The van der Waals surface area contributed by atoms with E-state index in [1.54, 1.807) is 0 Å². The van der Waals surface area contributed by atoms with E-state index in [2.05, 4.69) is 0 Å². The molecule has 2 aromatic carbocycles. The molecule has 0 atom stereocenters. The van der Waals surface area contributed by atoms with Crippen LogP contribution in [0.1, 0.15) is 16.7 Å². The molecular formula is C15H16ClNO. The molecule has 0 spiro atoms. The van der Waals surface area contributed by atoms with Crippen LogP contribution in [0.3, 0.4) is 0 Å². The summed E-state index contributed by atoms with van der Waals surface area (Å²) < 4.78 is 5.78. The highest BCUT2D eigenvalue weighted by Crippen LogP contribution is 2.27. The van der Waals surface area contributed by atoms with Gasteiger partial charge in [0.05, 0.1) is 0 Å². The SMILES string of the molecule is Cc1cc(C)c(OCc2ccccc2N)cc1Cl. The third-order valence-electron chi connectivity index (χ3n) is 2.89.